The summed E-state index contributed by atoms with van der Waals surface area (Å²) in [5.41, 5.74) is 1.77. The van der Waals surface area contributed by atoms with E-state index in [1.165, 1.54) is 6.20 Å². The summed E-state index contributed by atoms with van der Waals surface area (Å²) in [6, 6.07) is 7.74. The summed E-state index contributed by atoms with van der Waals surface area (Å²) >= 11 is 0. The average Bonchev–Trinajstić information content (AvgIpc) is 3.05. The van der Waals surface area contributed by atoms with Crippen LogP contribution >= 0.6 is 0 Å². The van der Waals surface area contributed by atoms with Crippen LogP contribution in [0, 0.1) is 0 Å². The van der Waals surface area contributed by atoms with E-state index in [0.29, 0.717) is 34.3 Å². The lowest BCUT2D eigenvalue weighted by atomic mass is 10.1. The van der Waals surface area contributed by atoms with Crippen LogP contribution in [-0.4, -0.2) is 36.7 Å². The monoisotopic (exact) mass is 351 g/mol. The molecule has 130 valence electrons. The molecule has 3 aromatic rings. The zero-order valence-electron chi connectivity index (χ0n) is 13.9. The minimum Gasteiger partial charge on any atom is -0.330 e. The lowest BCUT2D eigenvalue weighted by molar-refractivity contribution is 0.104. The van der Waals surface area contributed by atoms with Gasteiger partial charge in [0.1, 0.15) is 12.5 Å². The van der Waals surface area contributed by atoms with Crippen molar-refractivity contribution in [2.45, 2.75) is 25.2 Å². The van der Waals surface area contributed by atoms with E-state index in [4.69, 9.17) is 4.52 Å². The normalized spacial score (nSPS) is 19.1. The summed E-state index contributed by atoms with van der Waals surface area (Å²) in [6.45, 7) is 2.22. The van der Waals surface area contributed by atoms with Crippen LogP contribution in [0.2, 0.25) is 0 Å². The molecule has 0 spiro atoms. The second kappa shape index (κ2) is 4.48. The fourth-order valence-electron chi connectivity index (χ4n) is 3.50. The Morgan fingerprint density at radius 1 is 1.15 bits per heavy atom. The molecule has 1 saturated carbocycles. The van der Waals surface area contributed by atoms with E-state index in [9.17, 15) is 4.48 Å². The van der Waals surface area contributed by atoms with E-state index in [0.717, 1.165) is 24.1 Å². The number of hydrogen-bond acceptors (Lipinski definition) is 7. The number of fused-ring (bicyclic) bond motifs is 6. The maximum absolute atomic E-state index is 14.0. The first-order valence-corrected chi connectivity index (χ1v) is 8.46. The molecule has 1 aromatic carbocycles. The predicted octanol–water partition coefficient (Wildman–Crippen LogP) is 2.78. The van der Waals surface area contributed by atoms with Gasteiger partial charge in [-0.3, -0.25) is 4.57 Å². The maximum Gasteiger partial charge on any atom is 0.296 e. The van der Waals surface area contributed by atoms with E-state index in [2.05, 4.69) is 27.3 Å². The Morgan fingerprint density at radius 2 is 1.96 bits per heavy atom. The standard InChI is InChI=1S/C17H14FN7O/c1-17(6-7-17)16-19-15(26-22-16)14-21-20-13-10-4-2-3-5-11(10)24-9-23(18)8-12(24)25(13)14/h2-5,8H,6-7,9H2,1H3. The molecule has 0 bridgehead atoms. The average molecular weight is 351 g/mol. The van der Waals surface area contributed by atoms with Gasteiger partial charge in [-0.25, -0.2) is 0 Å². The topological polar surface area (TPSA) is 76.1 Å². The Bertz CT molecular complexity index is 1080. The van der Waals surface area contributed by atoms with Gasteiger partial charge >= 0.3 is 0 Å². The van der Waals surface area contributed by atoms with Crippen LogP contribution in [0.25, 0.3) is 28.9 Å². The van der Waals surface area contributed by atoms with Gasteiger partial charge < -0.3 is 9.42 Å². The molecule has 9 heteroatoms. The number of para-hydroxylation sites is 1. The quantitative estimate of drug-likeness (QED) is 0.657. The van der Waals surface area contributed by atoms with Crippen LogP contribution in [0.3, 0.4) is 0 Å². The van der Waals surface area contributed by atoms with Crippen molar-refractivity contribution in [2.24, 2.45) is 0 Å². The van der Waals surface area contributed by atoms with Gasteiger partial charge in [-0.1, -0.05) is 28.7 Å². The van der Waals surface area contributed by atoms with Crippen molar-refractivity contribution < 1.29 is 9.00 Å². The molecule has 1 aliphatic carbocycles. The van der Waals surface area contributed by atoms with E-state index in [1.807, 2.05) is 29.2 Å². The highest BCUT2D eigenvalue weighted by Gasteiger charge is 2.44. The van der Waals surface area contributed by atoms with Crippen LogP contribution in [0.15, 0.2) is 35.0 Å². The van der Waals surface area contributed by atoms with Gasteiger partial charge in [0.25, 0.3) is 5.89 Å². The van der Waals surface area contributed by atoms with Crippen molar-refractivity contribution in [3.05, 3.63) is 36.3 Å². The summed E-state index contributed by atoms with van der Waals surface area (Å²) in [7, 11) is 0. The van der Waals surface area contributed by atoms with Crippen LogP contribution in [0.5, 0.6) is 0 Å². The Morgan fingerprint density at radius 3 is 2.81 bits per heavy atom. The molecule has 2 aliphatic heterocycles. The van der Waals surface area contributed by atoms with Gasteiger partial charge in [-0.15, -0.1) is 10.2 Å². The van der Waals surface area contributed by atoms with Gasteiger partial charge in [0.05, 0.1) is 11.9 Å². The Labute approximate surface area is 147 Å². The first-order valence-electron chi connectivity index (χ1n) is 8.46. The number of halogens is 1. The van der Waals surface area contributed by atoms with E-state index in [-0.39, 0.29) is 12.1 Å². The zero-order valence-corrected chi connectivity index (χ0v) is 13.9. The summed E-state index contributed by atoms with van der Waals surface area (Å²) in [6.07, 6.45) is 3.52. The minimum absolute atomic E-state index is 0.00645. The van der Waals surface area contributed by atoms with Crippen molar-refractivity contribution in [3.8, 4) is 23.1 Å². The molecule has 3 aliphatic rings. The second-order valence-electron chi connectivity index (χ2n) is 7.14. The summed E-state index contributed by atoms with van der Waals surface area (Å²) in [4.78, 5) is 6.40. The third-order valence-electron chi connectivity index (χ3n) is 5.29. The largest absolute Gasteiger partial charge is 0.330 e. The van der Waals surface area contributed by atoms with E-state index >= 15 is 0 Å². The second-order valence-corrected chi connectivity index (χ2v) is 7.14. The number of anilines is 1. The number of nitrogens with zero attached hydrogens (tertiary/aromatic N) is 7. The van der Waals surface area contributed by atoms with Crippen molar-refractivity contribution in [3.63, 3.8) is 0 Å². The minimum atomic E-state index is -0.00645. The smallest absolute Gasteiger partial charge is 0.296 e. The highest BCUT2D eigenvalue weighted by molar-refractivity contribution is 5.89. The molecular formula is C17H14FN7O. The summed E-state index contributed by atoms with van der Waals surface area (Å²) in [5, 5.41) is 13.3. The van der Waals surface area contributed by atoms with E-state index < -0.39 is 0 Å². The SMILES string of the molecule is CC1(c2noc(-c3nnc4n3C3=CN(F)CN3c3ccccc3-4)n2)CC1. The molecule has 4 heterocycles. The van der Waals surface area contributed by atoms with Crippen LogP contribution in [0.1, 0.15) is 25.6 Å². The molecule has 0 unspecified atom stereocenters. The fraction of sp³-hybridized carbons (Fsp3) is 0.294. The van der Waals surface area contributed by atoms with Gasteiger partial charge in [-0.2, -0.15) is 10.1 Å². The number of benzene rings is 1. The van der Waals surface area contributed by atoms with E-state index in [1.54, 1.807) is 4.57 Å². The first-order chi connectivity index (χ1) is 12.6. The predicted molar refractivity (Wildman–Crippen MR) is 89.9 cm³/mol. The molecule has 6 rings (SSSR count). The number of aromatic nitrogens is 5. The zero-order chi connectivity index (χ0) is 17.5. The van der Waals surface area contributed by atoms with Crippen LogP contribution in [-0.2, 0) is 5.41 Å². The van der Waals surface area contributed by atoms with Crippen molar-refractivity contribution in [1.29, 1.82) is 0 Å². The van der Waals surface area contributed by atoms with Crippen molar-refractivity contribution in [1.82, 2.24) is 30.0 Å². The molecule has 0 radical (unpaired) electrons. The summed E-state index contributed by atoms with van der Waals surface area (Å²) in [5.74, 6) is 2.66. The molecule has 0 N–H and O–H groups in total. The number of rotatable bonds is 2. The number of hydrogen-bond donors (Lipinski definition) is 0. The molecule has 2 aromatic heterocycles. The van der Waals surface area contributed by atoms with Crippen LogP contribution < -0.4 is 4.90 Å². The molecule has 0 atom stereocenters. The third-order valence-corrected chi connectivity index (χ3v) is 5.29. The van der Waals surface area contributed by atoms with Crippen molar-refractivity contribution in [2.75, 3.05) is 11.6 Å². The van der Waals surface area contributed by atoms with Gasteiger partial charge in [0.2, 0.25) is 5.82 Å². The highest BCUT2D eigenvalue weighted by atomic mass is 19.2. The first kappa shape index (κ1) is 14.0. The Kier molecular flexibility index (Phi) is 2.41. The van der Waals surface area contributed by atoms with Gasteiger partial charge in [0, 0.05) is 11.0 Å². The summed E-state index contributed by atoms with van der Waals surface area (Å²) < 4.78 is 21.3. The third kappa shape index (κ3) is 1.72. The molecule has 0 amide bonds. The lowest BCUT2D eigenvalue weighted by Gasteiger charge is -2.29. The molecule has 26 heavy (non-hydrogen) atoms. The van der Waals surface area contributed by atoms with Crippen molar-refractivity contribution >= 4 is 11.5 Å². The lowest BCUT2D eigenvalue weighted by Crippen LogP contribution is -2.28. The van der Waals surface area contributed by atoms with Gasteiger partial charge in [-0.05, 0) is 25.0 Å². The van der Waals surface area contributed by atoms with Gasteiger partial charge in [0.15, 0.2) is 11.6 Å². The molecule has 8 nitrogen and oxygen atoms in total. The maximum atomic E-state index is 14.0. The highest BCUT2D eigenvalue weighted by Crippen LogP contribution is 2.47. The fourth-order valence-corrected chi connectivity index (χ4v) is 3.50. The van der Waals surface area contributed by atoms with Crippen LogP contribution in [0.4, 0.5) is 10.2 Å². The Balaban J connectivity index is 1.56. The molecule has 0 saturated heterocycles. The Hall–Kier alpha value is -3.23. The molecular weight excluding hydrogens is 337 g/mol. The molecule has 1 fully saturated rings.